The first-order valence-electron chi connectivity index (χ1n) is 5.30. The van der Waals surface area contributed by atoms with E-state index in [1.165, 1.54) is 10.4 Å². The third-order valence-corrected chi connectivity index (χ3v) is 3.51. The highest BCUT2D eigenvalue weighted by molar-refractivity contribution is 7.10. The molecule has 1 atom stereocenters. The van der Waals surface area contributed by atoms with Gasteiger partial charge >= 0.3 is 0 Å². The van der Waals surface area contributed by atoms with Crippen LogP contribution in [0.4, 0.5) is 0 Å². The number of thiophene rings is 1. The molecule has 2 aromatic heterocycles. The molecule has 0 spiro atoms. The van der Waals surface area contributed by atoms with Gasteiger partial charge in [0.2, 0.25) is 0 Å². The van der Waals surface area contributed by atoms with E-state index in [2.05, 4.69) is 29.5 Å². The number of nitrogens with zero attached hydrogens (tertiary/aromatic N) is 1. The van der Waals surface area contributed by atoms with Gasteiger partial charge in [-0.2, -0.15) is 0 Å². The van der Waals surface area contributed by atoms with E-state index >= 15 is 0 Å². The predicted molar refractivity (Wildman–Crippen MR) is 67.1 cm³/mol. The molecule has 16 heavy (non-hydrogen) atoms. The van der Waals surface area contributed by atoms with Crippen LogP contribution in [0.2, 0.25) is 0 Å². The van der Waals surface area contributed by atoms with Gasteiger partial charge in [0.1, 0.15) is 0 Å². The van der Waals surface area contributed by atoms with Crippen molar-refractivity contribution in [3.05, 3.63) is 52.0 Å². The fourth-order valence-corrected chi connectivity index (χ4v) is 2.55. The third kappa shape index (κ3) is 2.14. The van der Waals surface area contributed by atoms with Crippen LogP contribution in [0.1, 0.15) is 29.1 Å². The van der Waals surface area contributed by atoms with Crippen LogP contribution in [0.5, 0.6) is 0 Å². The van der Waals surface area contributed by atoms with E-state index < -0.39 is 0 Å². The number of aryl methyl sites for hydroxylation is 1. The van der Waals surface area contributed by atoms with Gasteiger partial charge in [-0.3, -0.25) is 10.8 Å². The summed E-state index contributed by atoms with van der Waals surface area (Å²) < 4.78 is 0. The van der Waals surface area contributed by atoms with Gasteiger partial charge in [0.15, 0.2) is 0 Å². The van der Waals surface area contributed by atoms with Crippen LogP contribution < -0.4 is 11.3 Å². The van der Waals surface area contributed by atoms with Gasteiger partial charge in [0.25, 0.3) is 0 Å². The van der Waals surface area contributed by atoms with Crippen LogP contribution in [-0.2, 0) is 6.42 Å². The second-order valence-corrected chi connectivity index (χ2v) is 4.50. The number of nitrogens with one attached hydrogen (secondary N) is 1. The van der Waals surface area contributed by atoms with Crippen LogP contribution >= 0.6 is 11.3 Å². The molecular weight excluding hydrogens is 218 g/mol. The Morgan fingerprint density at radius 1 is 1.44 bits per heavy atom. The molecule has 0 bridgehead atoms. The molecule has 2 rings (SSSR count). The molecule has 0 aromatic carbocycles. The smallest absolute Gasteiger partial charge is 0.0975 e. The maximum absolute atomic E-state index is 5.64. The van der Waals surface area contributed by atoms with Crippen molar-refractivity contribution >= 4 is 11.3 Å². The van der Waals surface area contributed by atoms with Gasteiger partial charge in [-0.1, -0.05) is 19.1 Å². The van der Waals surface area contributed by atoms with E-state index in [9.17, 15) is 0 Å². The fourth-order valence-electron chi connectivity index (χ4n) is 1.76. The zero-order valence-electron chi connectivity index (χ0n) is 9.18. The van der Waals surface area contributed by atoms with Crippen LogP contribution in [0.15, 0.2) is 35.8 Å². The first-order chi connectivity index (χ1) is 7.86. The average Bonchev–Trinajstić information content (AvgIpc) is 2.84. The lowest BCUT2D eigenvalue weighted by Gasteiger charge is -2.16. The van der Waals surface area contributed by atoms with Crippen molar-refractivity contribution in [3.63, 3.8) is 0 Å². The quantitative estimate of drug-likeness (QED) is 0.629. The fraction of sp³-hybridized carbons (Fsp3) is 0.250. The van der Waals surface area contributed by atoms with Crippen LogP contribution in [0.25, 0.3) is 0 Å². The summed E-state index contributed by atoms with van der Waals surface area (Å²) >= 11 is 1.69. The lowest BCUT2D eigenvalue weighted by atomic mass is 10.0. The number of hydrazine groups is 1. The number of rotatable bonds is 4. The van der Waals surface area contributed by atoms with Crippen molar-refractivity contribution in [2.75, 3.05) is 0 Å². The summed E-state index contributed by atoms with van der Waals surface area (Å²) in [4.78, 5) is 5.63. The molecular formula is C12H15N3S. The van der Waals surface area contributed by atoms with Crippen molar-refractivity contribution < 1.29 is 0 Å². The van der Waals surface area contributed by atoms with Crippen LogP contribution in [0, 0.1) is 0 Å². The number of hydrogen-bond acceptors (Lipinski definition) is 4. The number of pyridine rings is 1. The van der Waals surface area contributed by atoms with Gasteiger partial charge < -0.3 is 0 Å². The number of nitrogens with two attached hydrogens (primary N) is 1. The van der Waals surface area contributed by atoms with Gasteiger partial charge in [-0.25, -0.2) is 5.43 Å². The topological polar surface area (TPSA) is 50.9 Å². The molecule has 0 saturated heterocycles. The molecule has 0 aliphatic rings. The lowest BCUT2D eigenvalue weighted by molar-refractivity contribution is 0.623. The lowest BCUT2D eigenvalue weighted by Crippen LogP contribution is -2.29. The minimum absolute atomic E-state index is 0.00356. The minimum atomic E-state index is -0.00356. The summed E-state index contributed by atoms with van der Waals surface area (Å²) in [7, 11) is 0. The van der Waals surface area contributed by atoms with E-state index in [1.807, 2.05) is 23.7 Å². The Hall–Kier alpha value is -1.23. The maximum Gasteiger partial charge on any atom is 0.0975 e. The Morgan fingerprint density at radius 2 is 2.31 bits per heavy atom. The molecule has 3 nitrogen and oxygen atoms in total. The van der Waals surface area contributed by atoms with Gasteiger partial charge in [0, 0.05) is 11.1 Å². The number of hydrogen-bond donors (Lipinski definition) is 2. The highest BCUT2D eigenvalue weighted by Crippen LogP contribution is 2.26. The average molecular weight is 233 g/mol. The SMILES string of the molecule is CCc1cccnc1C(NN)c1cccs1. The van der Waals surface area contributed by atoms with E-state index in [0.717, 1.165) is 12.1 Å². The first kappa shape index (κ1) is 11.3. The normalized spacial score (nSPS) is 12.6. The summed E-state index contributed by atoms with van der Waals surface area (Å²) in [6.07, 6.45) is 2.78. The molecule has 0 saturated carbocycles. The van der Waals surface area contributed by atoms with Crippen molar-refractivity contribution in [1.29, 1.82) is 0 Å². The standard InChI is InChI=1S/C12H15N3S/c1-2-9-5-3-7-14-11(9)12(15-13)10-6-4-8-16-10/h3-8,12,15H,2,13H2,1H3. The Kier molecular flexibility index (Phi) is 3.66. The maximum atomic E-state index is 5.64. The van der Waals surface area contributed by atoms with E-state index in [4.69, 9.17) is 5.84 Å². The molecule has 0 fully saturated rings. The molecule has 84 valence electrons. The second-order valence-electron chi connectivity index (χ2n) is 3.52. The summed E-state index contributed by atoms with van der Waals surface area (Å²) in [6, 6.07) is 8.16. The molecule has 0 radical (unpaired) electrons. The summed E-state index contributed by atoms with van der Waals surface area (Å²) in [6.45, 7) is 2.13. The Balaban J connectivity index is 2.41. The van der Waals surface area contributed by atoms with Crippen molar-refractivity contribution in [1.82, 2.24) is 10.4 Å². The van der Waals surface area contributed by atoms with Gasteiger partial charge in [-0.15, -0.1) is 11.3 Å². The summed E-state index contributed by atoms with van der Waals surface area (Å²) in [5, 5.41) is 2.05. The Bertz CT molecular complexity index is 439. The zero-order valence-corrected chi connectivity index (χ0v) is 10.00. The second kappa shape index (κ2) is 5.21. The van der Waals surface area contributed by atoms with E-state index in [-0.39, 0.29) is 6.04 Å². The molecule has 4 heteroatoms. The van der Waals surface area contributed by atoms with Crippen LogP contribution in [0.3, 0.4) is 0 Å². The molecule has 0 aliphatic carbocycles. The zero-order chi connectivity index (χ0) is 11.4. The van der Waals surface area contributed by atoms with E-state index in [1.54, 1.807) is 11.3 Å². The van der Waals surface area contributed by atoms with E-state index in [0.29, 0.717) is 0 Å². The molecule has 2 heterocycles. The highest BCUT2D eigenvalue weighted by Gasteiger charge is 2.17. The molecule has 2 aromatic rings. The third-order valence-electron chi connectivity index (χ3n) is 2.57. The Morgan fingerprint density at radius 3 is 2.94 bits per heavy atom. The van der Waals surface area contributed by atoms with Crippen molar-refractivity contribution in [2.24, 2.45) is 5.84 Å². The number of aromatic nitrogens is 1. The molecule has 0 amide bonds. The molecule has 3 N–H and O–H groups in total. The monoisotopic (exact) mass is 233 g/mol. The summed E-state index contributed by atoms with van der Waals surface area (Å²) in [5.41, 5.74) is 5.10. The predicted octanol–water partition coefficient (Wildman–Crippen LogP) is 2.26. The highest BCUT2D eigenvalue weighted by atomic mass is 32.1. The van der Waals surface area contributed by atoms with Crippen molar-refractivity contribution in [3.8, 4) is 0 Å². The van der Waals surface area contributed by atoms with Crippen molar-refractivity contribution in [2.45, 2.75) is 19.4 Å². The molecule has 1 unspecified atom stereocenters. The Labute approximate surface area is 99.3 Å². The van der Waals surface area contributed by atoms with Crippen LogP contribution in [-0.4, -0.2) is 4.98 Å². The van der Waals surface area contributed by atoms with Gasteiger partial charge in [0.05, 0.1) is 11.7 Å². The first-order valence-corrected chi connectivity index (χ1v) is 6.18. The largest absolute Gasteiger partial charge is 0.270 e. The molecule has 0 aliphatic heterocycles. The summed E-state index contributed by atoms with van der Waals surface area (Å²) in [5.74, 6) is 5.64. The van der Waals surface area contributed by atoms with Gasteiger partial charge in [-0.05, 0) is 29.5 Å². The minimum Gasteiger partial charge on any atom is -0.270 e.